The fourth-order valence-electron chi connectivity index (χ4n) is 2.95. The molecule has 0 atom stereocenters. The third kappa shape index (κ3) is 4.99. The third-order valence-electron chi connectivity index (χ3n) is 4.39. The molecule has 1 aliphatic carbocycles. The van der Waals surface area contributed by atoms with Crippen molar-refractivity contribution in [2.75, 3.05) is 11.5 Å². The van der Waals surface area contributed by atoms with Gasteiger partial charge in [-0.15, -0.1) is 0 Å². The average molecular weight is 333 g/mol. The molecule has 0 aliphatic heterocycles. The highest BCUT2D eigenvalue weighted by Crippen LogP contribution is 2.25. The van der Waals surface area contributed by atoms with Crippen LogP contribution in [-0.2, 0) is 6.54 Å². The zero-order valence-electron chi connectivity index (χ0n) is 15.0. The van der Waals surface area contributed by atoms with Crippen LogP contribution in [0.3, 0.4) is 0 Å². The maximum atomic E-state index is 5.77. The first kappa shape index (κ1) is 17.3. The predicted molar refractivity (Wildman–Crippen MR) is 106 cm³/mol. The molecule has 0 aromatic heterocycles. The third-order valence-corrected chi connectivity index (χ3v) is 4.39. The normalized spacial score (nSPS) is 13.4. The molecule has 0 spiro atoms. The first-order chi connectivity index (χ1) is 12.4. The SMILES string of the molecule is CCCCOc1ccc(CN(C2=CCCC=C2)c2ccccc2)cc1. The van der Waals surface area contributed by atoms with Gasteiger partial charge in [-0.05, 0) is 55.2 Å². The van der Waals surface area contributed by atoms with E-state index in [1.54, 1.807) is 0 Å². The van der Waals surface area contributed by atoms with Crippen LogP contribution >= 0.6 is 0 Å². The Morgan fingerprint density at radius 2 is 1.76 bits per heavy atom. The lowest BCUT2D eigenvalue weighted by molar-refractivity contribution is 0.309. The van der Waals surface area contributed by atoms with Crippen LogP contribution in [0, 0.1) is 0 Å². The number of para-hydroxylation sites is 1. The highest BCUT2D eigenvalue weighted by Gasteiger charge is 2.12. The molecular weight excluding hydrogens is 306 g/mol. The van der Waals surface area contributed by atoms with Gasteiger partial charge in [-0.1, -0.05) is 55.8 Å². The highest BCUT2D eigenvalue weighted by atomic mass is 16.5. The molecule has 2 aromatic carbocycles. The predicted octanol–water partition coefficient (Wildman–Crippen LogP) is 6.11. The summed E-state index contributed by atoms with van der Waals surface area (Å²) in [7, 11) is 0. The summed E-state index contributed by atoms with van der Waals surface area (Å²) in [5.74, 6) is 0.959. The molecule has 0 fully saturated rings. The van der Waals surface area contributed by atoms with Gasteiger partial charge in [0.25, 0.3) is 0 Å². The standard InChI is InChI=1S/C23H27NO/c1-2-3-18-25-23-16-14-20(15-17-23)19-24(21-10-6-4-7-11-21)22-12-8-5-9-13-22/h4,6-8,10-17H,2-3,5,9,18-19H2,1H3. The van der Waals surface area contributed by atoms with Crippen LogP contribution in [0.25, 0.3) is 0 Å². The van der Waals surface area contributed by atoms with Gasteiger partial charge >= 0.3 is 0 Å². The van der Waals surface area contributed by atoms with Crippen LogP contribution in [0.5, 0.6) is 5.75 Å². The lowest BCUT2D eigenvalue weighted by Crippen LogP contribution is -2.21. The summed E-state index contributed by atoms with van der Waals surface area (Å²) in [6, 6.07) is 19.1. The smallest absolute Gasteiger partial charge is 0.119 e. The van der Waals surface area contributed by atoms with E-state index in [1.807, 2.05) is 0 Å². The molecule has 0 radical (unpaired) electrons. The molecule has 2 nitrogen and oxygen atoms in total. The van der Waals surface area contributed by atoms with Gasteiger partial charge in [0.1, 0.15) is 5.75 Å². The van der Waals surface area contributed by atoms with Crippen molar-refractivity contribution in [2.24, 2.45) is 0 Å². The maximum absolute atomic E-state index is 5.77. The summed E-state index contributed by atoms with van der Waals surface area (Å²) in [5, 5.41) is 0. The van der Waals surface area contributed by atoms with Crippen LogP contribution in [-0.4, -0.2) is 6.61 Å². The Labute approximate surface area is 151 Å². The zero-order chi connectivity index (χ0) is 17.3. The Hall–Kier alpha value is -2.48. The van der Waals surface area contributed by atoms with Gasteiger partial charge in [0.15, 0.2) is 0 Å². The molecule has 3 rings (SSSR count). The lowest BCUT2D eigenvalue weighted by Gasteiger charge is -2.27. The molecule has 1 aliphatic rings. The van der Waals surface area contributed by atoms with Crippen molar-refractivity contribution < 1.29 is 4.74 Å². The molecule has 0 heterocycles. The Kier molecular flexibility index (Phi) is 6.33. The first-order valence-electron chi connectivity index (χ1n) is 9.28. The lowest BCUT2D eigenvalue weighted by atomic mass is 10.1. The largest absolute Gasteiger partial charge is 0.494 e. The minimum absolute atomic E-state index is 0.795. The van der Waals surface area contributed by atoms with Crippen LogP contribution in [0.2, 0.25) is 0 Å². The quantitative estimate of drug-likeness (QED) is 0.541. The van der Waals surface area contributed by atoms with Gasteiger partial charge < -0.3 is 9.64 Å². The fourth-order valence-corrected chi connectivity index (χ4v) is 2.95. The number of benzene rings is 2. The first-order valence-corrected chi connectivity index (χ1v) is 9.28. The molecular formula is C23H27NO. The van der Waals surface area contributed by atoms with E-state index in [2.05, 4.69) is 84.6 Å². The van der Waals surface area contributed by atoms with Gasteiger partial charge in [-0.25, -0.2) is 0 Å². The van der Waals surface area contributed by atoms with E-state index in [9.17, 15) is 0 Å². The molecule has 2 heteroatoms. The summed E-state index contributed by atoms with van der Waals surface area (Å²) >= 11 is 0. The molecule has 0 N–H and O–H groups in total. The van der Waals surface area contributed by atoms with Crippen molar-refractivity contribution in [3.63, 3.8) is 0 Å². The maximum Gasteiger partial charge on any atom is 0.119 e. The van der Waals surface area contributed by atoms with Gasteiger partial charge in [-0.3, -0.25) is 0 Å². The Morgan fingerprint density at radius 1 is 0.960 bits per heavy atom. The van der Waals surface area contributed by atoms with E-state index >= 15 is 0 Å². The van der Waals surface area contributed by atoms with Gasteiger partial charge in [0.05, 0.1) is 6.61 Å². The number of ether oxygens (including phenoxy) is 1. The molecule has 0 saturated heterocycles. The summed E-state index contributed by atoms with van der Waals surface area (Å²) in [4.78, 5) is 2.38. The topological polar surface area (TPSA) is 12.5 Å². The number of anilines is 1. The molecule has 0 bridgehead atoms. The van der Waals surface area contributed by atoms with Gasteiger partial charge in [-0.2, -0.15) is 0 Å². The summed E-state index contributed by atoms with van der Waals surface area (Å²) < 4.78 is 5.77. The summed E-state index contributed by atoms with van der Waals surface area (Å²) in [5.41, 5.74) is 3.79. The molecule has 0 unspecified atom stereocenters. The Balaban J connectivity index is 1.74. The van der Waals surface area contributed by atoms with Crippen molar-refractivity contribution in [2.45, 2.75) is 39.2 Å². The van der Waals surface area contributed by atoms with Crippen molar-refractivity contribution in [1.82, 2.24) is 0 Å². The second kappa shape index (κ2) is 9.12. The monoisotopic (exact) mass is 333 g/mol. The summed E-state index contributed by atoms with van der Waals surface area (Å²) in [6.45, 7) is 3.83. The molecule has 25 heavy (non-hydrogen) atoms. The minimum atomic E-state index is 0.795. The number of unbranched alkanes of at least 4 members (excludes halogenated alkanes) is 1. The number of nitrogens with zero attached hydrogens (tertiary/aromatic N) is 1. The molecule has 0 amide bonds. The van der Waals surface area contributed by atoms with E-state index in [0.717, 1.165) is 44.6 Å². The van der Waals surface area contributed by atoms with Crippen LogP contribution in [0.15, 0.2) is 78.5 Å². The van der Waals surface area contributed by atoms with Crippen LogP contribution in [0.4, 0.5) is 5.69 Å². The number of hydrogen-bond donors (Lipinski definition) is 0. The van der Waals surface area contributed by atoms with Crippen molar-refractivity contribution in [1.29, 1.82) is 0 Å². The van der Waals surface area contributed by atoms with Crippen molar-refractivity contribution >= 4 is 5.69 Å². The number of allylic oxidation sites excluding steroid dienone is 3. The van der Waals surface area contributed by atoms with E-state index in [-0.39, 0.29) is 0 Å². The van der Waals surface area contributed by atoms with Crippen LogP contribution in [0.1, 0.15) is 38.2 Å². The second-order valence-electron chi connectivity index (χ2n) is 6.38. The van der Waals surface area contributed by atoms with Crippen LogP contribution < -0.4 is 9.64 Å². The van der Waals surface area contributed by atoms with Gasteiger partial charge in [0.2, 0.25) is 0 Å². The Bertz CT molecular complexity index is 701. The number of rotatable bonds is 8. The zero-order valence-corrected chi connectivity index (χ0v) is 15.0. The minimum Gasteiger partial charge on any atom is -0.494 e. The van der Waals surface area contributed by atoms with Crippen molar-refractivity contribution in [3.05, 3.63) is 84.1 Å². The summed E-state index contributed by atoms with van der Waals surface area (Å²) in [6.07, 6.45) is 11.3. The van der Waals surface area contributed by atoms with Crippen molar-refractivity contribution in [3.8, 4) is 5.75 Å². The van der Waals surface area contributed by atoms with E-state index in [4.69, 9.17) is 4.74 Å². The van der Waals surface area contributed by atoms with E-state index in [1.165, 1.54) is 16.9 Å². The van der Waals surface area contributed by atoms with Gasteiger partial charge in [0, 0.05) is 17.9 Å². The van der Waals surface area contributed by atoms with E-state index < -0.39 is 0 Å². The highest BCUT2D eigenvalue weighted by molar-refractivity contribution is 5.55. The molecule has 0 saturated carbocycles. The number of hydrogen-bond acceptors (Lipinski definition) is 2. The van der Waals surface area contributed by atoms with E-state index in [0.29, 0.717) is 0 Å². The molecule has 130 valence electrons. The Morgan fingerprint density at radius 3 is 2.44 bits per heavy atom. The fraction of sp³-hybridized carbons (Fsp3) is 0.304. The average Bonchev–Trinajstić information content (AvgIpc) is 2.69. The molecule has 2 aromatic rings. The second-order valence-corrected chi connectivity index (χ2v) is 6.38.